The van der Waals surface area contributed by atoms with Gasteiger partial charge in [0, 0.05) is 11.3 Å². The average molecular weight is 309 g/mol. The van der Waals surface area contributed by atoms with Crippen LogP contribution in [0.3, 0.4) is 0 Å². The summed E-state index contributed by atoms with van der Waals surface area (Å²) in [6.45, 7) is 1.46. The first-order chi connectivity index (χ1) is 7.38. The number of ketones is 1. The minimum absolute atomic E-state index is 0.129. The Hall–Kier alpha value is -0.750. The molecule has 1 aromatic rings. The molecular weight excluding hydrogens is 299 g/mol. The van der Waals surface area contributed by atoms with E-state index in [-0.39, 0.29) is 11.3 Å². The van der Waals surface area contributed by atoms with Crippen LogP contribution in [0.25, 0.3) is 0 Å². The highest BCUT2D eigenvalue weighted by Gasteiger charge is 2.28. The molecule has 1 unspecified atom stereocenters. The maximum atomic E-state index is 12.6. The highest BCUT2D eigenvalue weighted by molar-refractivity contribution is 9.11. The summed E-state index contributed by atoms with van der Waals surface area (Å²) in [5.41, 5.74) is 0.167. The third-order valence-corrected chi connectivity index (χ3v) is 5.83. The van der Waals surface area contributed by atoms with Gasteiger partial charge in [0.05, 0.1) is 0 Å². The van der Waals surface area contributed by atoms with Crippen molar-refractivity contribution in [2.75, 3.05) is 5.75 Å². The summed E-state index contributed by atoms with van der Waals surface area (Å²) in [7, 11) is -3.48. The van der Waals surface area contributed by atoms with Crippen molar-refractivity contribution in [3.8, 4) is 0 Å². The van der Waals surface area contributed by atoms with Crippen molar-refractivity contribution in [1.82, 2.24) is 0 Å². The zero-order valence-corrected chi connectivity index (χ0v) is 10.9. The number of halogens is 2. The van der Waals surface area contributed by atoms with Crippen LogP contribution in [0.15, 0.2) is 24.3 Å². The van der Waals surface area contributed by atoms with Crippen molar-refractivity contribution in [2.24, 2.45) is 0 Å². The Kier molecular flexibility index (Phi) is 4.21. The Morgan fingerprint density at radius 2 is 1.88 bits per heavy atom. The molecular formula is C10H10BrFO3S. The number of alkyl halides is 1. The molecule has 0 amide bonds. The number of benzene rings is 1. The lowest BCUT2D eigenvalue weighted by Gasteiger charge is -2.08. The fraction of sp³-hybridized carbons (Fsp3) is 0.300. The SMILES string of the molecule is CCS(=O)(=O)C(Br)C(=O)c1ccc(F)cc1. The molecule has 0 aliphatic rings. The van der Waals surface area contributed by atoms with E-state index in [9.17, 15) is 17.6 Å². The van der Waals surface area contributed by atoms with Crippen molar-refractivity contribution in [1.29, 1.82) is 0 Å². The third kappa shape index (κ3) is 2.89. The second-order valence-corrected chi connectivity index (χ2v) is 7.03. The number of rotatable bonds is 4. The molecule has 0 N–H and O–H groups in total. The molecule has 0 saturated carbocycles. The lowest BCUT2D eigenvalue weighted by atomic mass is 10.1. The fourth-order valence-electron chi connectivity index (χ4n) is 1.05. The fourth-order valence-corrected chi connectivity index (χ4v) is 2.87. The molecule has 0 aliphatic heterocycles. The highest BCUT2D eigenvalue weighted by Crippen LogP contribution is 2.17. The van der Waals surface area contributed by atoms with E-state index in [1.54, 1.807) is 0 Å². The summed E-state index contributed by atoms with van der Waals surface area (Å²) in [4.78, 5) is 11.7. The van der Waals surface area contributed by atoms with Crippen LogP contribution in [0.2, 0.25) is 0 Å². The summed E-state index contributed by atoms with van der Waals surface area (Å²) < 4.78 is 34.2. The smallest absolute Gasteiger partial charge is 0.191 e. The molecule has 0 spiro atoms. The maximum Gasteiger partial charge on any atom is 0.191 e. The van der Waals surface area contributed by atoms with Crippen molar-refractivity contribution in [3.05, 3.63) is 35.6 Å². The van der Waals surface area contributed by atoms with Gasteiger partial charge in [-0.05, 0) is 24.3 Å². The predicted molar refractivity (Wildman–Crippen MR) is 62.9 cm³/mol. The number of hydrogen-bond acceptors (Lipinski definition) is 3. The summed E-state index contributed by atoms with van der Waals surface area (Å²) in [5.74, 6) is -1.18. The Balaban J connectivity index is 2.99. The first-order valence-corrected chi connectivity index (χ1v) is 7.17. The molecule has 1 rings (SSSR count). The van der Waals surface area contributed by atoms with Gasteiger partial charge >= 0.3 is 0 Å². The van der Waals surface area contributed by atoms with Gasteiger partial charge in [0.25, 0.3) is 0 Å². The predicted octanol–water partition coefficient (Wildman–Crippen LogP) is 2.16. The van der Waals surface area contributed by atoms with E-state index in [1.165, 1.54) is 19.1 Å². The monoisotopic (exact) mass is 308 g/mol. The number of hydrogen-bond donors (Lipinski definition) is 0. The van der Waals surface area contributed by atoms with Gasteiger partial charge in [-0.25, -0.2) is 12.8 Å². The summed E-state index contributed by atoms with van der Waals surface area (Å²) >= 11 is 2.85. The second-order valence-electron chi connectivity index (χ2n) is 3.14. The van der Waals surface area contributed by atoms with E-state index in [0.29, 0.717) is 0 Å². The molecule has 6 heteroatoms. The first kappa shape index (κ1) is 13.3. The second kappa shape index (κ2) is 5.05. The number of Topliss-reactive ketones (excluding diaryl/α,β-unsaturated/α-hetero) is 1. The van der Waals surface area contributed by atoms with Gasteiger partial charge in [-0.2, -0.15) is 0 Å². The van der Waals surface area contributed by atoms with E-state index in [2.05, 4.69) is 15.9 Å². The maximum absolute atomic E-state index is 12.6. The molecule has 0 heterocycles. The number of sulfone groups is 1. The van der Waals surface area contributed by atoms with E-state index < -0.39 is 25.6 Å². The molecule has 88 valence electrons. The molecule has 16 heavy (non-hydrogen) atoms. The van der Waals surface area contributed by atoms with Crippen molar-refractivity contribution >= 4 is 31.6 Å². The minimum atomic E-state index is -3.48. The Morgan fingerprint density at radius 3 is 2.31 bits per heavy atom. The largest absolute Gasteiger partial charge is 0.292 e. The normalized spacial score (nSPS) is 13.4. The van der Waals surface area contributed by atoms with Crippen LogP contribution >= 0.6 is 15.9 Å². The lowest BCUT2D eigenvalue weighted by molar-refractivity contribution is 0.101. The van der Waals surface area contributed by atoms with Gasteiger partial charge in [-0.15, -0.1) is 0 Å². The van der Waals surface area contributed by atoms with Crippen molar-refractivity contribution in [3.63, 3.8) is 0 Å². The molecule has 0 aromatic heterocycles. The first-order valence-electron chi connectivity index (χ1n) is 4.54. The van der Waals surface area contributed by atoms with E-state index in [1.807, 2.05) is 0 Å². The topological polar surface area (TPSA) is 51.2 Å². The average Bonchev–Trinajstić information content (AvgIpc) is 2.28. The number of carbonyl (C=O) groups excluding carboxylic acids is 1. The zero-order chi connectivity index (χ0) is 12.3. The molecule has 0 aliphatic carbocycles. The summed E-state index contributed by atoms with van der Waals surface area (Å²) in [6.07, 6.45) is 0. The molecule has 1 atom stereocenters. The van der Waals surface area contributed by atoms with Crippen LogP contribution in [-0.2, 0) is 9.84 Å². The van der Waals surface area contributed by atoms with E-state index in [0.717, 1.165) is 12.1 Å². The van der Waals surface area contributed by atoms with Crippen LogP contribution < -0.4 is 0 Å². The molecule has 3 nitrogen and oxygen atoms in total. The summed E-state index contributed by atoms with van der Waals surface area (Å²) in [6, 6.07) is 4.76. The Bertz CT molecular complexity index is 481. The molecule has 0 saturated heterocycles. The molecule has 1 aromatic carbocycles. The van der Waals surface area contributed by atoms with Crippen LogP contribution in [0, 0.1) is 5.82 Å². The zero-order valence-electron chi connectivity index (χ0n) is 8.48. The Labute approximate surface area is 102 Å². The minimum Gasteiger partial charge on any atom is -0.292 e. The Morgan fingerprint density at radius 1 is 1.38 bits per heavy atom. The van der Waals surface area contributed by atoms with Gasteiger partial charge in [0.1, 0.15) is 5.82 Å². The standard InChI is InChI=1S/C10H10BrFO3S/c1-2-16(14,15)10(11)9(13)7-3-5-8(12)6-4-7/h3-6,10H,2H2,1H3. The van der Waals surface area contributed by atoms with Gasteiger partial charge in [-0.1, -0.05) is 22.9 Å². The van der Waals surface area contributed by atoms with E-state index >= 15 is 0 Å². The molecule has 0 bridgehead atoms. The third-order valence-electron chi connectivity index (χ3n) is 2.05. The van der Waals surface area contributed by atoms with E-state index in [4.69, 9.17) is 0 Å². The van der Waals surface area contributed by atoms with Crippen LogP contribution in [0.4, 0.5) is 4.39 Å². The lowest BCUT2D eigenvalue weighted by Crippen LogP contribution is -2.26. The quantitative estimate of drug-likeness (QED) is 0.632. The van der Waals surface area contributed by atoms with Crippen LogP contribution in [0.1, 0.15) is 17.3 Å². The molecule has 0 fully saturated rings. The van der Waals surface area contributed by atoms with Gasteiger partial charge in [-0.3, -0.25) is 4.79 Å². The van der Waals surface area contributed by atoms with Crippen molar-refractivity contribution < 1.29 is 17.6 Å². The van der Waals surface area contributed by atoms with Gasteiger partial charge < -0.3 is 0 Å². The summed E-state index contributed by atoms with van der Waals surface area (Å²) in [5, 5.41) is 0. The van der Waals surface area contributed by atoms with Crippen LogP contribution in [0.5, 0.6) is 0 Å². The van der Waals surface area contributed by atoms with Gasteiger partial charge in [0.2, 0.25) is 0 Å². The van der Waals surface area contributed by atoms with Gasteiger partial charge in [0.15, 0.2) is 19.8 Å². The van der Waals surface area contributed by atoms with Crippen LogP contribution in [-0.4, -0.2) is 24.1 Å². The highest BCUT2D eigenvalue weighted by atomic mass is 79.9. The number of carbonyl (C=O) groups is 1. The molecule has 0 radical (unpaired) electrons. The van der Waals surface area contributed by atoms with Crippen molar-refractivity contribution in [2.45, 2.75) is 11.1 Å².